The minimum atomic E-state index is -0.186. The summed E-state index contributed by atoms with van der Waals surface area (Å²) in [6, 6.07) is 21.1. The highest BCUT2D eigenvalue weighted by molar-refractivity contribution is 6.12. The second kappa shape index (κ2) is 7.64. The molecule has 0 bridgehead atoms. The van der Waals surface area contributed by atoms with Crippen LogP contribution < -0.4 is 4.74 Å². The van der Waals surface area contributed by atoms with Gasteiger partial charge < -0.3 is 4.74 Å². The zero-order valence-corrected chi connectivity index (χ0v) is 18.5. The molecular weight excluding hydrogens is 382 g/mol. The molecule has 0 saturated heterocycles. The first-order valence-corrected chi connectivity index (χ1v) is 11.3. The number of nitrogens with zero attached hydrogens (tertiary/aromatic N) is 1. The Morgan fingerprint density at radius 2 is 1.74 bits per heavy atom. The minimum absolute atomic E-state index is 0.0163. The summed E-state index contributed by atoms with van der Waals surface area (Å²) in [7, 11) is 0. The molecule has 3 aromatic carbocycles. The van der Waals surface area contributed by atoms with E-state index in [0.29, 0.717) is 18.8 Å². The lowest BCUT2D eigenvalue weighted by Gasteiger charge is -2.41. The molecule has 0 N–H and O–H groups in total. The van der Waals surface area contributed by atoms with Gasteiger partial charge in [0.15, 0.2) is 0 Å². The van der Waals surface area contributed by atoms with E-state index in [4.69, 9.17) is 9.73 Å². The van der Waals surface area contributed by atoms with Gasteiger partial charge in [-0.3, -0.25) is 9.79 Å². The number of fused-ring (bicyclic) bond motifs is 4. The van der Waals surface area contributed by atoms with E-state index in [9.17, 15) is 4.79 Å². The quantitative estimate of drug-likeness (QED) is 0.471. The highest BCUT2D eigenvalue weighted by Crippen LogP contribution is 2.50. The van der Waals surface area contributed by atoms with Crippen LogP contribution in [0.4, 0.5) is 5.69 Å². The number of carbonyl (C=O) groups is 1. The molecule has 0 amide bonds. The molecule has 5 rings (SSSR count). The number of hydrogen-bond donors (Lipinski definition) is 0. The SMILES string of the molecule is CCCOc1ccc(C2c3c(ccc4ccccc34)N=C3CC(C)(C)CC(=O)C32)cc1. The highest BCUT2D eigenvalue weighted by Gasteiger charge is 2.46. The number of rotatable bonds is 4. The van der Waals surface area contributed by atoms with Crippen molar-refractivity contribution in [2.75, 3.05) is 6.61 Å². The van der Waals surface area contributed by atoms with Crippen molar-refractivity contribution in [1.82, 2.24) is 0 Å². The molecule has 2 atom stereocenters. The van der Waals surface area contributed by atoms with E-state index in [1.54, 1.807) is 0 Å². The van der Waals surface area contributed by atoms with Crippen LogP contribution >= 0.6 is 0 Å². The number of ketones is 1. The van der Waals surface area contributed by atoms with Gasteiger partial charge in [0.2, 0.25) is 0 Å². The van der Waals surface area contributed by atoms with Crippen molar-refractivity contribution < 1.29 is 9.53 Å². The van der Waals surface area contributed by atoms with Gasteiger partial charge in [-0.25, -0.2) is 0 Å². The fraction of sp³-hybridized carbons (Fsp3) is 0.357. The molecule has 3 heteroatoms. The van der Waals surface area contributed by atoms with Gasteiger partial charge in [0.05, 0.1) is 18.2 Å². The summed E-state index contributed by atoms with van der Waals surface area (Å²) in [6.07, 6.45) is 2.45. The smallest absolute Gasteiger partial charge is 0.143 e. The average Bonchev–Trinajstić information content (AvgIpc) is 2.75. The van der Waals surface area contributed by atoms with Crippen molar-refractivity contribution in [3.8, 4) is 5.75 Å². The van der Waals surface area contributed by atoms with Crippen molar-refractivity contribution in [3.63, 3.8) is 0 Å². The number of aliphatic imine (C=N–C) groups is 1. The monoisotopic (exact) mass is 411 g/mol. The average molecular weight is 412 g/mol. The molecule has 3 nitrogen and oxygen atoms in total. The Morgan fingerprint density at radius 3 is 2.52 bits per heavy atom. The molecule has 158 valence electrons. The van der Waals surface area contributed by atoms with E-state index in [-0.39, 0.29) is 17.3 Å². The Bertz CT molecular complexity index is 1170. The van der Waals surface area contributed by atoms with E-state index in [1.807, 2.05) is 12.1 Å². The lowest BCUT2D eigenvalue weighted by Crippen LogP contribution is -2.42. The largest absolute Gasteiger partial charge is 0.494 e. The van der Waals surface area contributed by atoms with Crippen LogP contribution in [-0.4, -0.2) is 18.1 Å². The normalized spacial score (nSPS) is 21.9. The van der Waals surface area contributed by atoms with Crippen molar-refractivity contribution in [2.24, 2.45) is 16.3 Å². The molecule has 3 aromatic rings. The van der Waals surface area contributed by atoms with E-state index in [1.165, 1.54) is 16.3 Å². The Balaban J connectivity index is 1.69. The second-order valence-corrected chi connectivity index (χ2v) is 9.68. The molecule has 31 heavy (non-hydrogen) atoms. The van der Waals surface area contributed by atoms with Gasteiger partial charge in [-0.05, 0) is 58.4 Å². The summed E-state index contributed by atoms with van der Waals surface area (Å²) in [6.45, 7) is 7.17. The van der Waals surface area contributed by atoms with Crippen molar-refractivity contribution in [1.29, 1.82) is 0 Å². The third kappa shape index (κ3) is 3.56. The van der Waals surface area contributed by atoms with Crippen molar-refractivity contribution >= 4 is 28.0 Å². The van der Waals surface area contributed by atoms with Crippen LogP contribution in [-0.2, 0) is 4.79 Å². The maximum atomic E-state index is 13.5. The van der Waals surface area contributed by atoms with Gasteiger partial charge in [-0.1, -0.05) is 63.2 Å². The van der Waals surface area contributed by atoms with Crippen LogP contribution in [0.1, 0.15) is 57.1 Å². The van der Waals surface area contributed by atoms with Crippen LogP contribution in [0.5, 0.6) is 5.75 Å². The molecule has 1 saturated carbocycles. The van der Waals surface area contributed by atoms with Crippen LogP contribution in [0.25, 0.3) is 10.8 Å². The van der Waals surface area contributed by atoms with Crippen molar-refractivity contribution in [3.05, 3.63) is 71.8 Å². The first-order chi connectivity index (χ1) is 15.0. The lowest BCUT2D eigenvalue weighted by molar-refractivity contribution is -0.124. The molecular formula is C28H29NO2. The Labute approximate surface area is 184 Å². The summed E-state index contributed by atoms with van der Waals surface area (Å²) in [5, 5.41) is 2.38. The molecule has 1 heterocycles. The van der Waals surface area contributed by atoms with Gasteiger partial charge in [0, 0.05) is 18.1 Å². The molecule has 2 aliphatic rings. The number of hydrogen-bond acceptors (Lipinski definition) is 3. The van der Waals surface area contributed by atoms with Crippen LogP contribution in [0, 0.1) is 11.3 Å². The molecule has 0 aromatic heterocycles. The third-order valence-corrected chi connectivity index (χ3v) is 6.59. The molecule has 2 unspecified atom stereocenters. The van der Waals surface area contributed by atoms with Gasteiger partial charge in [-0.2, -0.15) is 0 Å². The highest BCUT2D eigenvalue weighted by atomic mass is 16.5. The van der Waals surface area contributed by atoms with E-state index in [0.717, 1.165) is 35.6 Å². The van der Waals surface area contributed by atoms with Gasteiger partial charge >= 0.3 is 0 Å². The second-order valence-electron chi connectivity index (χ2n) is 9.68. The maximum absolute atomic E-state index is 13.5. The minimum Gasteiger partial charge on any atom is -0.494 e. The number of Topliss-reactive ketones (excluding diaryl/α,β-unsaturated/α-hetero) is 1. The fourth-order valence-electron chi connectivity index (χ4n) is 5.30. The van der Waals surface area contributed by atoms with Gasteiger partial charge in [0.1, 0.15) is 11.5 Å². The third-order valence-electron chi connectivity index (χ3n) is 6.59. The summed E-state index contributed by atoms with van der Waals surface area (Å²) in [5.74, 6) is 0.987. The van der Waals surface area contributed by atoms with Crippen LogP contribution in [0.2, 0.25) is 0 Å². The first-order valence-electron chi connectivity index (χ1n) is 11.3. The first kappa shape index (κ1) is 20.0. The van der Waals surface area contributed by atoms with Crippen LogP contribution in [0.3, 0.4) is 0 Å². The molecule has 1 aliphatic carbocycles. The van der Waals surface area contributed by atoms with E-state index < -0.39 is 0 Å². The zero-order valence-electron chi connectivity index (χ0n) is 18.5. The summed E-state index contributed by atoms with van der Waals surface area (Å²) in [4.78, 5) is 18.5. The van der Waals surface area contributed by atoms with Crippen LogP contribution in [0.15, 0.2) is 65.7 Å². The molecule has 1 fully saturated rings. The fourth-order valence-corrected chi connectivity index (χ4v) is 5.30. The Morgan fingerprint density at radius 1 is 0.968 bits per heavy atom. The summed E-state index contributed by atoms with van der Waals surface area (Å²) in [5.41, 5.74) is 4.35. The summed E-state index contributed by atoms with van der Waals surface area (Å²) >= 11 is 0. The van der Waals surface area contributed by atoms with E-state index >= 15 is 0 Å². The molecule has 0 radical (unpaired) electrons. The number of ether oxygens (including phenoxy) is 1. The van der Waals surface area contributed by atoms with Gasteiger partial charge in [0.25, 0.3) is 0 Å². The van der Waals surface area contributed by atoms with E-state index in [2.05, 4.69) is 69.3 Å². The predicted molar refractivity (Wildman–Crippen MR) is 127 cm³/mol. The number of benzene rings is 3. The molecule has 0 spiro atoms. The van der Waals surface area contributed by atoms with Crippen molar-refractivity contribution in [2.45, 2.75) is 46.0 Å². The summed E-state index contributed by atoms with van der Waals surface area (Å²) < 4.78 is 5.80. The topological polar surface area (TPSA) is 38.7 Å². The Hall–Kier alpha value is -2.94. The standard InChI is InChI=1S/C28H29NO2/c1-4-15-31-20-12-9-19(10-13-20)25-26-21-8-6-5-7-18(21)11-14-22(26)29-23-16-28(2,3)17-24(30)27(23)25/h5-14,25,27H,4,15-17H2,1-3H3. The molecule has 1 aliphatic heterocycles. The predicted octanol–water partition coefficient (Wildman–Crippen LogP) is 6.85. The zero-order chi connectivity index (χ0) is 21.6. The lowest BCUT2D eigenvalue weighted by atomic mass is 9.63. The van der Waals surface area contributed by atoms with Gasteiger partial charge in [-0.15, -0.1) is 0 Å². The number of carbonyl (C=O) groups excluding carboxylic acids is 1. The maximum Gasteiger partial charge on any atom is 0.143 e. The Kier molecular flexibility index (Phi) is 4.92.